The fourth-order valence-corrected chi connectivity index (χ4v) is 1.53. The number of rotatable bonds is 6. The van der Waals surface area contributed by atoms with E-state index < -0.39 is 25.1 Å². The molecule has 0 spiro atoms. The molecule has 1 N–H and O–H groups in total. The van der Waals surface area contributed by atoms with Crippen LogP contribution in [0.25, 0.3) is 0 Å². The number of aromatic nitrogens is 3. The number of halogens is 3. The van der Waals surface area contributed by atoms with Crippen LogP contribution >= 0.6 is 0 Å². The lowest BCUT2D eigenvalue weighted by atomic mass is 10.1. The number of nitrogens with zero attached hydrogens (tertiary/aromatic N) is 3. The van der Waals surface area contributed by atoms with Crippen LogP contribution in [0, 0.1) is 5.92 Å². The maximum Gasteiger partial charge on any atom is 0.396 e. The van der Waals surface area contributed by atoms with Gasteiger partial charge in [0.15, 0.2) is 5.82 Å². The van der Waals surface area contributed by atoms with Crippen molar-refractivity contribution in [2.75, 3.05) is 0 Å². The van der Waals surface area contributed by atoms with Crippen molar-refractivity contribution in [1.29, 1.82) is 0 Å². The molecule has 0 aromatic carbocycles. The molecule has 0 unspecified atom stereocenters. The predicted octanol–water partition coefficient (Wildman–Crippen LogP) is 2.06. The Balaban J connectivity index is 2.94. The van der Waals surface area contributed by atoms with Crippen LogP contribution in [0.15, 0.2) is 0 Å². The molecule has 0 aliphatic heterocycles. The quantitative estimate of drug-likeness (QED) is 0.865. The highest BCUT2D eigenvalue weighted by atomic mass is 19.4. The largest absolute Gasteiger partial charge is 0.480 e. The second-order valence-corrected chi connectivity index (χ2v) is 4.51. The summed E-state index contributed by atoms with van der Waals surface area (Å²) < 4.78 is 37.9. The van der Waals surface area contributed by atoms with E-state index in [1.807, 2.05) is 13.8 Å². The summed E-state index contributed by atoms with van der Waals surface area (Å²) >= 11 is 0. The number of hydrogen-bond acceptors (Lipinski definition) is 3. The van der Waals surface area contributed by atoms with Crippen LogP contribution in [0.5, 0.6) is 0 Å². The minimum absolute atomic E-state index is 0.236. The smallest absolute Gasteiger partial charge is 0.396 e. The molecule has 5 nitrogen and oxygen atoms in total. The van der Waals surface area contributed by atoms with Crippen LogP contribution in [0.3, 0.4) is 0 Å². The average Bonchev–Trinajstić information content (AvgIpc) is 2.56. The first-order chi connectivity index (χ1) is 8.71. The third-order valence-electron chi connectivity index (χ3n) is 2.66. The van der Waals surface area contributed by atoms with Crippen LogP contribution < -0.4 is 0 Å². The molecular weight excluding hydrogens is 263 g/mol. The summed E-state index contributed by atoms with van der Waals surface area (Å²) in [5, 5.41) is 12.5. The van der Waals surface area contributed by atoms with Gasteiger partial charge in [-0.3, -0.25) is 4.79 Å². The molecule has 0 amide bonds. The number of alkyl halides is 3. The standard InChI is InChI=1S/C11H16F3N3O2/c1-3-7(2)4-8-15-9(5-11(12,13)14)17(16-8)6-10(18)19/h7H,3-6H2,1-2H3,(H,18,19)/t7-/m0/s1. The number of carbonyl (C=O) groups is 1. The normalized spacial score (nSPS) is 13.5. The predicted molar refractivity (Wildman–Crippen MR) is 60.6 cm³/mol. The summed E-state index contributed by atoms with van der Waals surface area (Å²) in [5.41, 5.74) is 0. The van der Waals surface area contributed by atoms with Crippen molar-refractivity contribution in [2.45, 2.75) is 45.8 Å². The molecule has 0 radical (unpaired) electrons. The lowest BCUT2D eigenvalue weighted by Crippen LogP contribution is -2.19. The van der Waals surface area contributed by atoms with Crippen molar-refractivity contribution in [3.8, 4) is 0 Å². The molecule has 0 saturated heterocycles. The molecule has 1 aromatic rings. The molecule has 1 rings (SSSR count). The summed E-state index contributed by atoms with van der Waals surface area (Å²) in [5.74, 6) is -1.11. The lowest BCUT2D eigenvalue weighted by molar-refractivity contribution is -0.139. The van der Waals surface area contributed by atoms with Crippen molar-refractivity contribution < 1.29 is 23.1 Å². The number of hydrogen-bond donors (Lipinski definition) is 1. The van der Waals surface area contributed by atoms with Gasteiger partial charge in [0.2, 0.25) is 0 Å². The molecule has 0 fully saturated rings. The van der Waals surface area contributed by atoms with Crippen LogP contribution in [0.1, 0.15) is 31.9 Å². The Bertz CT molecular complexity index is 443. The van der Waals surface area contributed by atoms with E-state index in [1.54, 1.807) is 0 Å². The van der Waals surface area contributed by atoms with E-state index in [9.17, 15) is 18.0 Å². The zero-order valence-electron chi connectivity index (χ0n) is 10.7. The van der Waals surface area contributed by atoms with Crippen LogP contribution in [-0.2, 0) is 24.2 Å². The summed E-state index contributed by atoms with van der Waals surface area (Å²) in [4.78, 5) is 14.4. The first kappa shape index (κ1) is 15.5. The molecule has 0 saturated carbocycles. The molecule has 8 heteroatoms. The summed E-state index contributed by atoms with van der Waals surface area (Å²) in [7, 11) is 0. The van der Waals surface area contributed by atoms with Crippen molar-refractivity contribution in [1.82, 2.24) is 14.8 Å². The molecule has 108 valence electrons. The third kappa shape index (κ3) is 5.27. The minimum Gasteiger partial charge on any atom is -0.480 e. The Morgan fingerprint density at radius 2 is 2.11 bits per heavy atom. The van der Waals surface area contributed by atoms with Gasteiger partial charge in [-0.25, -0.2) is 9.67 Å². The highest BCUT2D eigenvalue weighted by Gasteiger charge is 2.31. The highest BCUT2D eigenvalue weighted by molar-refractivity contribution is 5.66. The molecule has 19 heavy (non-hydrogen) atoms. The van der Waals surface area contributed by atoms with E-state index in [-0.39, 0.29) is 17.6 Å². The van der Waals surface area contributed by atoms with Crippen molar-refractivity contribution in [3.05, 3.63) is 11.6 Å². The summed E-state index contributed by atoms with van der Waals surface area (Å²) in [6.07, 6.45) is -4.42. The fourth-order valence-electron chi connectivity index (χ4n) is 1.53. The van der Waals surface area contributed by atoms with Gasteiger partial charge in [0.05, 0.1) is 0 Å². The zero-order chi connectivity index (χ0) is 14.6. The molecule has 0 bridgehead atoms. The van der Waals surface area contributed by atoms with E-state index in [2.05, 4.69) is 10.1 Å². The summed E-state index contributed by atoms with van der Waals surface area (Å²) in [6, 6.07) is 0. The first-order valence-corrected chi connectivity index (χ1v) is 5.92. The van der Waals surface area contributed by atoms with Gasteiger partial charge in [0.25, 0.3) is 0 Å². The lowest BCUT2D eigenvalue weighted by Gasteiger charge is -2.05. The monoisotopic (exact) mass is 279 g/mol. The molecule has 0 aliphatic rings. The number of carboxylic acids is 1. The Labute approximate surface area is 108 Å². The van der Waals surface area contributed by atoms with Gasteiger partial charge in [0, 0.05) is 6.42 Å². The van der Waals surface area contributed by atoms with Gasteiger partial charge < -0.3 is 5.11 Å². The maximum absolute atomic E-state index is 12.4. The Kier molecular flexibility index (Phi) is 4.90. The van der Waals surface area contributed by atoms with E-state index in [0.717, 1.165) is 11.1 Å². The van der Waals surface area contributed by atoms with Gasteiger partial charge in [-0.1, -0.05) is 20.3 Å². The van der Waals surface area contributed by atoms with Gasteiger partial charge in [0.1, 0.15) is 18.8 Å². The van der Waals surface area contributed by atoms with Crippen molar-refractivity contribution >= 4 is 5.97 Å². The van der Waals surface area contributed by atoms with Gasteiger partial charge in [-0.2, -0.15) is 18.3 Å². The topological polar surface area (TPSA) is 68.0 Å². The van der Waals surface area contributed by atoms with E-state index in [4.69, 9.17) is 5.11 Å². The second kappa shape index (κ2) is 6.03. The third-order valence-corrected chi connectivity index (χ3v) is 2.66. The Hall–Kier alpha value is -1.60. The zero-order valence-corrected chi connectivity index (χ0v) is 10.7. The Morgan fingerprint density at radius 1 is 1.47 bits per heavy atom. The van der Waals surface area contributed by atoms with Crippen LogP contribution in [-0.4, -0.2) is 32.0 Å². The maximum atomic E-state index is 12.4. The van der Waals surface area contributed by atoms with E-state index in [1.165, 1.54) is 0 Å². The highest BCUT2D eigenvalue weighted by Crippen LogP contribution is 2.21. The van der Waals surface area contributed by atoms with Gasteiger partial charge in [-0.05, 0) is 5.92 Å². The van der Waals surface area contributed by atoms with E-state index in [0.29, 0.717) is 6.42 Å². The molecule has 0 aliphatic carbocycles. The number of carboxylic acid groups (broad SMARTS) is 1. The second-order valence-electron chi connectivity index (χ2n) is 4.51. The minimum atomic E-state index is -4.43. The van der Waals surface area contributed by atoms with Gasteiger partial charge >= 0.3 is 12.1 Å². The SMILES string of the molecule is CC[C@H](C)Cc1nc(CC(F)(F)F)n(CC(=O)O)n1. The van der Waals surface area contributed by atoms with Gasteiger partial charge in [-0.15, -0.1) is 0 Å². The van der Waals surface area contributed by atoms with Crippen molar-refractivity contribution in [3.63, 3.8) is 0 Å². The molecule has 1 aromatic heterocycles. The van der Waals surface area contributed by atoms with Crippen LogP contribution in [0.2, 0.25) is 0 Å². The first-order valence-electron chi connectivity index (χ1n) is 5.92. The summed E-state index contributed by atoms with van der Waals surface area (Å²) in [6.45, 7) is 3.27. The molecule has 1 atom stereocenters. The fraction of sp³-hybridized carbons (Fsp3) is 0.727. The molecule has 1 heterocycles. The average molecular weight is 279 g/mol. The van der Waals surface area contributed by atoms with Crippen LogP contribution in [0.4, 0.5) is 13.2 Å². The van der Waals surface area contributed by atoms with Crippen molar-refractivity contribution in [2.24, 2.45) is 5.92 Å². The molecular formula is C11H16F3N3O2. The van der Waals surface area contributed by atoms with E-state index >= 15 is 0 Å². The number of aliphatic carboxylic acids is 1. The Morgan fingerprint density at radius 3 is 2.58 bits per heavy atom.